The van der Waals surface area contributed by atoms with E-state index in [0.717, 1.165) is 13.0 Å². The number of carboxylic acid groups (broad SMARTS) is 1. The SMILES string of the molecule is CCCN(Cc1ncncc1C(=O)O)C(C)C. The van der Waals surface area contributed by atoms with Gasteiger partial charge in [0, 0.05) is 18.8 Å². The van der Waals surface area contributed by atoms with Crippen molar-refractivity contribution in [2.24, 2.45) is 0 Å². The summed E-state index contributed by atoms with van der Waals surface area (Å²) in [6, 6.07) is 0.367. The molecule has 1 aromatic heterocycles. The van der Waals surface area contributed by atoms with Gasteiger partial charge < -0.3 is 5.11 Å². The summed E-state index contributed by atoms with van der Waals surface area (Å²) in [5.41, 5.74) is 0.768. The van der Waals surface area contributed by atoms with Crippen molar-refractivity contribution < 1.29 is 9.90 Å². The Morgan fingerprint density at radius 3 is 2.76 bits per heavy atom. The molecule has 0 amide bonds. The van der Waals surface area contributed by atoms with Gasteiger partial charge >= 0.3 is 5.97 Å². The van der Waals surface area contributed by atoms with Gasteiger partial charge in [-0.05, 0) is 26.8 Å². The lowest BCUT2D eigenvalue weighted by Crippen LogP contribution is -2.32. The first kappa shape index (κ1) is 13.6. The zero-order valence-corrected chi connectivity index (χ0v) is 10.6. The van der Waals surface area contributed by atoms with Crippen LogP contribution in [0, 0.1) is 0 Å². The molecule has 94 valence electrons. The highest BCUT2D eigenvalue weighted by Gasteiger charge is 2.16. The zero-order chi connectivity index (χ0) is 12.8. The number of aromatic nitrogens is 2. The number of hydrogen-bond acceptors (Lipinski definition) is 4. The van der Waals surface area contributed by atoms with Gasteiger partial charge in [-0.15, -0.1) is 0 Å². The molecule has 0 unspecified atom stereocenters. The van der Waals surface area contributed by atoms with Gasteiger partial charge in [0.15, 0.2) is 0 Å². The number of hydrogen-bond donors (Lipinski definition) is 1. The minimum absolute atomic E-state index is 0.189. The van der Waals surface area contributed by atoms with E-state index < -0.39 is 5.97 Å². The smallest absolute Gasteiger partial charge is 0.339 e. The second-order valence-electron chi connectivity index (χ2n) is 4.25. The molecule has 5 nitrogen and oxygen atoms in total. The van der Waals surface area contributed by atoms with Crippen molar-refractivity contribution in [2.75, 3.05) is 6.54 Å². The van der Waals surface area contributed by atoms with E-state index in [2.05, 4.69) is 35.6 Å². The third kappa shape index (κ3) is 3.78. The van der Waals surface area contributed by atoms with Crippen LogP contribution in [0.4, 0.5) is 0 Å². The van der Waals surface area contributed by atoms with Gasteiger partial charge in [-0.1, -0.05) is 6.92 Å². The Kier molecular flexibility index (Phi) is 5.03. The molecule has 0 fully saturated rings. The molecular weight excluding hydrogens is 218 g/mol. The summed E-state index contributed by atoms with van der Waals surface area (Å²) in [6.07, 6.45) is 3.78. The Morgan fingerprint density at radius 2 is 2.24 bits per heavy atom. The molecule has 0 aliphatic carbocycles. The Bertz CT molecular complexity index is 380. The van der Waals surface area contributed by atoms with Crippen molar-refractivity contribution in [2.45, 2.75) is 39.8 Å². The van der Waals surface area contributed by atoms with E-state index in [1.165, 1.54) is 12.5 Å². The zero-order valence-electron chi connectivity index (χ0n) is 10.6. The fraction of sp³-hybridized carbons (Fsp3) is 0.583. The van der Waals surface area contributed by atoms with E-state index in [1.54, 1.807) is 0 Å². The molecule has 1 aromatic rings. The highest BCUT2D eigenvalue weighted by molar-refractivity contribution is 5.88. The van der Waals surface area contributed by atoms with Crippen molar-refractivity contribution >= 4 is 5.97 Å². The van der Waals surface area contributed by atoms with Crippen LogP contribution < -0.4 is 0 Å². The monoisotopic (exact) mass is 237 g/mol. The van der Waals surface area contributed by atoms with Crippen molar-refractivity contribution in [3.05, 3.63) is 23.8 Å². The molecule has 5 heteroatoms. The van der Waals surface area contributed by atoms with Gasteiger partial charge in [0.25, 0.3) is 0 Å². The molecular formula is C12H19N3O2. The third-order valence-electron chi connectivity index (χ3n) is 2.62. The van der Waals surface area contributed by atoms with Gasteiger partial charge in [0.05, 0.1) is 5.69 Å². The Balaban J connectivity index is 2.88. The average Bonchev–Trinajstić information content (AvgIpc) is 2.28. The molecule has 0 radical (unpaired) electrons. The van der Waals surface area contributed by atoms with Crippen LogP contribution in [0.1, 0.15) is 43.2 Å². The summed E-state index contributed by atoms with van der Waals surface area (Å²) < 4.78 is 0. The molecule has 0 aliphatic rings. The van der Waals surface area contributed by atoms with Gasteiger partial charge in [0.2, 0.25) is 0 Å². The Hall–Kier alpha value is -1.49. The predicted molar refractivity (Wildman–Crippen MR) is 64.8 cm³/mol. The topological polar surface area (TPSA) is 66.3 Å². The fourth-order valence-electron chi connectivity index (χ4n) is 1.66. The molecule has 1 rings (SSSR count). The highest BCUT2D eigenvalue weighted by Crippen LogP contribution is 2.10. The van der Waals surface area contributed by atoms with Crippen molar-refractivity contribution in [3.8, 4) is 0 Å². The van der Waals surface area contributed by atoms with E-state index in [1.807, 2.05) is 0 Å². The van der Waals surface area contributed by atoms with E-state index in [0.29, 0.717) is 18.3 Å². The predicted octanol–water partition coefficient (Wildman–Crippen LogP) is 1.80. The van der Waals surface area contributed by atoms with Gasteiger partial charge in [-0.2, -0.15) is 0 Å². The average molecular weight is 237 g/mol. The van der Waals surface area contributed by atoms with Crippen LogP contribution in [0.2, 0.25) is 0 Å². The molecule has 0 atom stereocenters. The maximum Gasteiger partial charge on any atom is 0.339 e. The second-order valence-corrected chi connectivity index (χ2v) is 4.25. The van der Waals surface area contributed by atoms with E-state index in [4.69, 9.17) is 5.11 Å². The van der Waals surface area contributed by atoms with E-state index in [9.17, 15) is 4.79 Å². The number of rotatable bonds is 6. The molecule has 17 heavy (non-hydrogen) atoms. The van der Waals surface area contributed by atoms with Crippen LogP contribution in [-0.4, -0.2) is 38.5 Å². The molecule has 0 bridgehead atoms. The van der Waals surface area contributed by atoms with Crippen LogP contribution in [0.3, 0.4) is 0 Å². The first-order valence-electron chi connectivity index (χ1n) is 5.82. The largest absolute Gasteiger partial charge is 0.478 e. The van der Waals surface area contributed by atoms with E-state index >= 15 is 0 Å². The Labute approximate surface area is 102 Å². The van der Waals surface area contributed by atoms with Gasteiger partial charge in [-0.25, -0.2) is 14.8 Å². The van der Waals surface area contributed by atoms with Crippen LogP contribution >= 0.6 is 0 Å². The number of nitrogens with zero attached hydrogens (tertiary/aromatic N) is 3. The summed E-state index contributed by atoms with van der Waals surface area (Å²) in [5, 5.41) is 9.05. The molecule has 0 saturated heterocycles. The lowest BCUT2D eigenvalue weighted by Gasteiger charge is -2.25. The number of carboxylic acids is 1. The van der Waals surface area contributed by atoms with Gasteiger partial charge in [-0.3, -0.25) is 4.90 Å². The lowest BCUT2D eigenvalue weighted by atomic mass is 10.2. The normalized spacial score (nSPS) is 11.1. The summed E-state index contributed by atoms with van der Waals surface area (Å²) in [7, 11) is 0. The summed E-state index contributed by atoms with van der Waals surface area (Å²) in [6.45, 7) is 7.78. The Morgan fingerprint density at radius 1 is 1.53 bits per heavy atom. The van der Waals surface area contributed by atoms with E-state index in [-0.39, 0.29) is 5.56 Å². The van der Waals surface area contributed by atoms with Crippen molar-refractivity contribution in [3.63, 3.8) is 0 Å². The molecule has 0 aliphatic heterocycles. The first-order chi connectivity index (χ1) is 8.06. The lowest BCUT2D eigenvalue weighted by molar-refractivity contribution is 0.0692. The maximum atomic E-state index is 11.0. The van der Waals surface area contributed by atoms with Crippen LogP contribution in [0.5, 0.6) is 0 Å². The number of aromatic carboxylic acids is 1. The standard InChI is InChI=1S/C12H19N3O2/c1-4-5-15(9(2)3)7-11-10(12(16)17)6-13-8-14-11/h6,8-9H,4-5,7H2,1-3H3,(H,16,17). The quantitative estimate of drug-likeness (QED) is 0.817. The maximum absolute atomic E-state index is 11.0. The van der Waals surface area contributed by atoms with Gasteiger partial charge in [0.1, 0.15) is 11.9 Å². The summed E-state index contributed by atoms with van der Waals surface area (Å²) >= 11 is 0. The molecule has 0 aromatic carbocycles. The first-order valence-corrected chi connectivity index (χ1v) is 5.82. The molecule has 1 heterocycles. The van der Waals surface area contributed by atoms with Crippen LogP contribution in [0.15, 0.2) is 12.5 Å². The molecule has 1 N–H and O–H groups in total. The summed E-state index contributed by atoms with van der Waals surface area (Å²) in [5.74, 6) is -0.971. The highest BCUT2D eigenvalue weighted by atomic mass is 16.4. The fourth-order valence-corrected chi connectivity index (χ4v) is 1.66. The van der Waals surface area contributed by atoms with Crippen molar-refractivity contribution in [1.82, 2.24) is 14.9 Å². The second kappa shape index (κ2) is 6.30. The molecule has 0 saturated carbocycles. The van der Waals surface area contributed by atoms with Crippen molar-refractivity contribution in [1.29, 1.82) is 0 Å². The minimum Gasteiger partial charge on any atom is -0.478 e. The van der Waals surface area contributed by atoms with Crippen LogP contribution in [0.25, 0.3) is 0 Å². The summed E-state index contributed by atoms with van der Waals surface area (Å²) in [4.78, 5) is 21.1. The molecule has 0 spiro atoms. The minimum atomic E-state index is -0.971. The van der Waals surface area contributed by atoms with Crippen LogP contribution in [-0.2, 0) is 6.54 Å². The number of carbonyl (C=O) groups is 1. The third-order valence-corrected chi connectivity index (χ3v) is 2.62.